The summed E-state index contributed by atoms with van der Waals surface area (Å²) in [5.74, 6) is 0.857. The Bertz CT molecular complexity index is 1220. The molecule has 0 aliphatic heterocycles. The monoisotopic (exact) mass is 570 g/mol. The molecule has 230 valence electrons. The van der Waals surface area contributed by atoms with E-state index in [2.05, 4.69) is 154 Å². The van der Waals surface area contributed by atoms with Crippen molar-refractivity contribution in [3.8, 4) is 0 Å². The third-order valence-electron chi connectivity index (χ3n) is 8.87. The highest BCUT2D eigenvalue weighted by molar-refractivity contribution is 5.38. The van der Waals surface area contributed by atoms with Crippen molar-refractivity contribution in [2.24, 2.45) is 22.7 Å². The molecule has 1 fully saturated rings. The van der Waals surface area contributed by atoms with Crippen molar-refractivity contribution in [1.82, 2.24) is 0 Å². The van der Waals surface area contributed by atoms with Gasteiger partial charge in [0.05, 0.1) is 12.2 Å². The van der Waals surface area contributed by atoms with Crippen molar-refractivity contribution in [2.45, 2.75) is 107 Å². The maximum atomic E-state index is 10.2. The first-order valence-electron chi connectivity index (χ1n) is 15.7. The molecule has 0 amide bonds. The molecular weight excluding hydrogens is 512 g/mol. The molecule has 1 unspecified atom stereocenters. The summed E-state index contributed by atoms with van der Waals surface area (Å²) < 4.78 is 0. The largest absolute Gasteiger partial charge is 0.393 e. The molecule has 2 rings (SSSR count). The molecule has 2 nitrogen and oxygen atoms in total. The van der Waals surface area contributed by atoms with Crippen LogP contribution >= 0.6 is 0 Å². The molecule has 2 aliphatic rings. The summed E-state index contributed by atoms with van der Waals surface area (Å²) in [6.07, 6.45) is 33.3. The van der Waals surface area contributed by atoms with Crippen LogP contribution < -0.4 is 0 Å². The highest BCUT2D eigenvalue weighted by Crippen LogP contribution is 2.44. The maximum Gasteiger partial charge on any atom is 0.0585 e. The van der Waals surface area contributed by atoms with Gasteiger partial charge in [-0.05, 0) is 88.5 Å². The van der Waals surface area contributed by atoms with Crippen LogP contribution in [0.15, 0.2) is 119 Å². The van der Waals surface area contributed by atoms with Crippen LogP contribution in [0, 0.1) is 22.7 Å². The molecule has 2 heteroatoms. The van der Waals surface area contributed by atoms with E-state index < -0.39 is 0 Å². The second kappa shape index (κ2) is 16.2. The quantitative estimate of drug-likeness (QED) is 0.256. The van der Waals surface area contributed by atoms with E-state index in [9.17, 15) is 10.2 Å². The van der Waals surface area contributed by atoms with E-state index in [0.717, 1.165) is 25.7 Å². The Labute approximate surface area is 258 Å². The Kier molecular flexibility index (Phi) is 13.7. The highest BCUT2D eigenvalue weighted by Gasteiger charge is 2.38. The molecule has 0 aromatic heterocycles. The van der Waals surface area contributed by atoms with Gasteiger partial charge in [0.15, 0.2) is 0 Å². The summed E-state index contributed by atoms with van der Waals surface area (Å²) in [4.78, 5) is 0. The molecule has 0 heterocycles. The number of hydrogen-bond acceptors (Lipinski definition) is 2. The van der Waals surface area contributed by atoms with E-state index in [1.165, 1.54) is 33.4 Å². The normalized spacial score (nSPS) is 28.5. The minimum Gasteiger partial charge on any atom is -0.393 e. The van der Waals surface area contributed by atoms with Crippen LogP contribution in [0.25, 0.3) is 0 Å². The minimum absolute atomic E-state index is 0.00700. The fraction of sp³-hybridized carbons (Fsp3) is 0.500. The molecule has 0 aromatic carbocycles. The first-order chi connectivity index (χ1) is 19.6. The van der Waals surface area contributed by atoms with Gasteiger partial charge >= 0.3 is 0 Å². The fourth-order valence-corrected chi connectivity index (χ4v) is 6.11. The van der Waals surface area contributed by atoms with Gasteiger partial charge in [0.1, 0.15) is 0 Å². The number of rotatable bonds is 10. The van der Waals surface area contributed by atoms with Crippen molar-refractivity contribution < 1.29 is 10.2 Å². The van der Waals surface area contributed by atoms with Gasteiger partial charge in [-0.25, -0.2) is 0 Å². The van der Waals surface area contributed by atoms with Gasteiger partial charge < -0.3 is 10.2 Å². The highest BCUT2D eigenvalue weighted by atomic mass is 16.3. The molecule has 0 aromatic rings. The summed E-state index contributed by atoms with van der Waals surface area (Å²) in [5, 5.41) is 20.3. The van der Waals surface area contributed by atoms with Gasteiger partial charge in [-0.15, -0.1) is 0 Å². The van der Waals surface area contributed by atoms with Crippen LogP contribution in [-0.4, -0.2) is 22.4 Å². The third-order valence-corrected chi connectivity index (χ3v) is 8.87. The smallest absolute Gasteiger partial charge is 0.0585 e. The number of allylic oxidation sites excluding steroid dienone is 19. The maximum absolute atomic E-state index is 10.2. The lowest BCUT2D eigenvalue weighted by atomic mass is 9.64. The van der Waals surface area contributed by atoms with E-state index >= 15 is 0 Å². The van der Waals surface area contributed by atoms with E-state index in [4.69, 9.17) is 0 Å². The summed E-state index contributed by atoms with van der Waals surface area (Å²) in [6, 6.07) is 0. The number of aliphatic hydroxyl groups excluding tert-OH is 2. The Morgan fingerprint density at radius 2 is 1.21 bits per heavy atom. The van der Waals surface area contributed by atoms with Crippen molar-refractivity contribution in [2.75, 3.05) is 0 Å². The molecule has 0 bridgehead atoms. The van der Waals surface area contributed by atoms with E-state index in [1.54, 1.807) is 0 Å². The molecule has 0 radical (unpaired) electrons. The Hall–Kier alpha value is -2.68. The van der Waals surface area contributed by atoms with Gasteiger partial charge in [-0.2, -0.15) is 0 Å². The van der Waals surface area contributed by atoms with Gasteiger partial charge in [0.25, 0.3) is 0 Å². The molecule has 42 heavy (non-hydrogen) atoms. The van der Waals surface area contributed by atoms with Crippen LogP contribution in [-0.2, 0) is 0 Å². The van der Waals surface area contributed by atoms with Crippen LogP contribution in [0.4, 0.5) is 0 Å². The number of hydrogen-bond donors (Lipinski definition) is 2. The average molecular weight is 571 g/mol. The average Bonchev–Trinajstić information content (AvgIpc) is 2.86. The zero-order valence-corrected chi connectivity index (χ0v) is 28.1. The zero-order valence-electron chi connectivity index (χ0n) is 28.1. The second-order valence-electron chi connectivity index (χ2n) is 14.2. The molecule has 1 saturated carbocycles. The zero-order chi connectivity index (χ0) is 31.5. The Morgan fingerprint density at radius 1 is 0.714 bits per heavy atom. The van der Waals surface area contributed by atoms with E-state index in [-0.39, 0.29) is 23.0 Å². The topological polar surface area (TPSA) is 40.5 Å². The Balaban J connectivity index is 1.87. The standard InChI is InChI=1S/C40H58O2/c1-29(17-13-19-31(3)21-23-35-25-34(6)38(42)28-39(35,7)8)15-11-12-16-30(2)18-14-20-32(4)22-24-37-33(5)26-36(41)27-40(37,9)10/h11-24,34-36,38,41-42H,25-28H2,1-10H3/b12-11+,17-13+,18-14+,23-21+,24-22+,29-15+,30-16+,31-19+,32-20+/t34-,35?,36-,38+/m0/s1. The van der Waals surface area contributed by atoms with E-state index in [1.807, 2.05) is 0 Å². The fourth-order valence-electron chi connectivity index (χ4n) is 6.11. The first kappa shape index (κ1) is 35.5. The summed E-state index contributed by atoms with van der Waals surface area (Å²) in [5.41, 5.74) is 7.61. The van der Waals surface area contributed by atoms with Gasteiger partial charge in [0, 0.05) is 0 Å². The summed E-state index contributed by atoms with van der Waals surface area (Å²) >= 11 is 0. The van der Waals surface area contributed by atoms with Crippen LogP contribution in [0.5, 0.6) is 0 Å². The molecule has 0 saturated heterocycles. The second-order valence-corrected chi connectivity index (χ2v) is 14.2. The lowest BCUT2D eigenvalue weighted by molar-refractivity contribution is -0.00112. The molecule has 2 N–H and O–H groups in total. The third kappa shape index (κ3) is 11.9. The van der Waals surface area contributed by atoms with Gasteiger partial charge in [0.2, 0.25) is 0 Å². The van der Waals surface area contributed by atoms with Crippen molar-refractivity contribution >= 4 is 0 Å². The van der Waals surface area contributed by atoms with Crippen molar-refractivity contribution in [3.05, 3.63) is 119 Å². The van der Waals surface area contributed by atoms with Crippen molar-refractivity contribution in [1.29, 1.82) is 0 Å². The molecule has 2 aliphatic carbocycles. The predicted octanol–water partition coefficient (Wildman–Crippen LogP) is 10.5. The van der Waals surface area contributed by atoms with Crippen molar-refractivity contribution in [3.63, 3.8) is 0 Å². The summed E-state index contributed by atoms with van der Waals surface area (Å²) in [6.45, 7) is 21.8. The molecule has 0 spiro atoms. The Morgan fingerprint density at radius 3 is 1.76 bits per heavy atom. The SMILES string of the molecule is CC1=C(/C=C/C(C)=C/C=C/C(C)=C/C=C/C=C(C)/C=C/C=C(C)/C=C/C2C[C@H](C)[C@H](O)CC2(C)C)C(C)(C)C[C@@H](O)C1. The lowest BCUT2D eigenvalue weighted by Crippen LogP contribution is -2.38. The predicted molar refractivity (Wildman–Crippen MR) is 184 cm³/mol. The van der Waals surface area contributed by atoms with Crippen LogP contribution in [0.2, 0.25) is 0 Å². The first-order valence-corrected chi connectivity index (χ1v) is 15.7. The van der Waals surface area contributed by atoms with E-state index in [0.29, 0.717) is 11.8 Å². The van der Waals surface area contributed by atoms with Gasteiger partial charge in [-0.3, -0.25) is 0 Å². The lowest BCUT2D eigenvalue weighted by Gasteiger charge is -2.42. The van der Waals surface area contributed by atoms with Crippen LogP contribution in [0.3, 0.4) is 0 Å². The minimum atomic E-state index is -0.225. The van der Waals surface area contributed by atoms with Gasteiger partial charge in [-0.1, -0.05) is 148 Å². The molecule has 4 atom stereocenters. The van der Waals surface area contributed by atoms with Crippen LogP contribution in [0.1, 0.15) is 94.9 Å². The summed E-state index contributed by atoms with van der Waals surface area (Å²) in [7, 11) is 0. The number of aliphatic hydroxyl groups is 2. The molecular formula is C40H58O2.